The summed E-state index contributed by atoms with van der Waals surface area (Å²) >= 11 is 0. The number of amides is 1. The standard InChI is InChI=1S/C17H18N2O4/c1-11-15(5-4-6-16(11)19(21)22)17(20)18-12(2)13-7-9-14(23-3)10-8-13/h4-10,12H,1-3H3,(H,18,20)/t12-/m1/s1. The number of nitrogens with zero attached hydrogens (tertiary/aromatic N) is 1. The molecule has 0 aromatic heterocycles. The van der Waals surface area contributed by atoms with Crippen LogP contribution in [0.4, 0.5) is 5.69 Å². The van der Waals surface area contributed by atoms with Gasteiger partial charge in [0.05, 0.1) is 18.1 Å². The molecule has 0 saturated carbocycles. The zero-order chi connectivity index (χ0) is 17.0. The number of hydrogen-bond acceptors (Lipinski definition) is 4. The first-order valence-corrected chi connectivity index (χ1v) is 7.13. The first-order valence-electron chi connectivity index (χ1n) is 7.13. The Morgan fingerprint density at radius 1 is 1.22 bits per heavy atom. The van der Waals surface area contributed by atoms with Gasteiger partial charge in [-0.3, -0.25) is 14.9 Å². The van der Waals surface area contributed by atoms with Crippen molar-refractivity contribution in [1.82, 2.24) is 5.32 Å². The third-order valence-electron chi connectivity index (χ3n) is 3.71. The summed E-state index contributed by atoms with van der Waals surface area (Å²) in [5.41, 5.74) is 1.52. The molecule has 120 valence electrons. The number of nitrogens with one attached hydrogen (secondary N) is 1. The van der Waals surface area contributed by atoms with E-state index in [0.717, 1.165) is 11.3 Å². The molecule has 0 aliphatic heterocycles. The molecule has 6 heteroatoms. The van der Waals surface area contributed by atoms with Gasteiger partial charge >= 0.3 is 0 Å². The Labute approximate surface area is 134 Å². The van der Waals surface area contributed by atoms with Crippen LogP contribution in [0.2, 0.25) is 0 Å². The normalized spacial score (nSPS) is 11.6. The first-order chi connectivity index (χ1) is 10.9. The largest absolute Gasteiger partial charge is 0.497 e. The molecule has 2 aromatic rings. The van der Waals surface area contributed by atoms with Crippen LogP contribution in [0.5, 0.6) is 5.75 Å². The second-order valence-electron chi connectivity index (χ2n) is 5.18. The summed E-state index contributed by atoms with van der Waals surface area (Å²) in [6.07, 6.45) is 0. The molecular formula is C17H18N2O4. The molecule has 0 saturated heterocycles. The summed E-state index contributed by atoms with van der Waals surface area (Å²) in [5, 5.41) is 13.8. The summed E-state index contributed by atoms with van der Waals surface area (Å²) in [6, 6.07) is 11.6. The van der Waals surface area contributed by atoms with Crippen molar-refractivity contribution in [1.29, 1.82) is 0 Å². The maximum Gasteiger partial charge on any atom is 0.273 e. The van der Waals surface area contributed by atoms with Crippen molar-refractivity contribution in [3.05, 3.63) is 69.3 Å². The van der Waals surface area contributed by atoms with Crippen molar-refractivity contribution < 1.29 is 14.5 Å². The lowest BCUT2D eigenvalue weighted by Gasteiger charge is -2.15. The number of nitro groups is 1. The number of ether oxygens (including phenoxy) is 1. The van der Waals surface area contributed by atoms with E-state index in [2.05, 4.69) is 5.32 Å². The van der Waals surface area contributed by atoms with Crippen LogP contribution in [0.15, 0.2) is 42.5 Å². The van der Waals surface area contributed by atoms with Gasteiger partial charge in [0, 0.05) is 17.2 Å². The molecule has 2 aromatic carbocycles. The van der Waals surface area contributed by atoms with Gasteiger partial charge in [-0.25, -0.2) is 0 Å². The Balaban J connectivity index is 2.18. The van der Waals surface area contributed by atoms with E-state index < -0.39 is 4.92 Å². The number of methoxy groups -OCH3 is 1. The highest BCUT2D eigenvalue weighted by molar-refractivity contribution is 5.96. The highest BCUT2D eigenvalue weighted by Gasteiger charge is 2.19. The fraction of sp³-hybridized carbons (Fsp3) is 0.235. The van der Waals surface area contributed by atoms with E-state index in [1.54, 1.807) is 20.1 Å². The van der Waals surface area contributed by atoms with E-state index in [9.17, 15) is 14.9 Å². The van der Waals surface area contributed by atoms with Crippen LogP contribution in [0.25, 0.3) is 0 Å². The molecule has 0 heterocycles. The topological polar surface area (TPSA) is 81.5 Å². The van der Waals surface area contributed by atoms with Gasteiger partial charge in [0.1, 0.15) is 5.75 Å². The Morgan fingerprint density at radius 3 is 2.43 bits per heavy atom. The smallest absolute Gasteiger partial charge is 0.273 e. The van der Waals surface area contributed by atoms with Gasteiger partial charge in [-0.2, -0.15) is 0 Å². The summed E-state index contributed by atoms with van der Waals surface area (Å²) in [4.78, 5) is 22.9. The molecule has 2 rings (SSSR count). The Hall–Kier alpha value is -2.89. The quantitative estimate of drug-likeness (QED) is 0.677. The Bertz CT molecular complexity index is 726. The molecule has 6 nitrogen and oxygen atoms in total. The zero-order valence-corrected chi connectivity index (χ0v) is 13.2. The maximum atomic E-state index is 12.4. The van der Waals surface area contributed by atoms with Gasteiger partial charge in [-0.1, -0.05) is 18.2 Å². The highest BCUT2D eigenvalue weighted by atomic mass is 16.6. The number of carbonyl (C=O) groups excluding carboxylic acids is 1. The van der Waals surface area contributed by atoms with Crippen LogP contribution < -0.4 is 10.1 Å². The lowest BCUT2D eigenvalue weighted by atomic mass is 10.0. The molecule has 0 fully saturated rings. The molecule has 0 aliphatic rings. The molecule has 0 spiro atoms. The van der Waals surface area contributed by atoms with Gasteiger partial charge in [0.25, 0.3) is 11.6 Å². The number of carbonyl (C=O) groups is 1. The predicted molar refractivity (Wildman–Crippen MR) is 86.7 cm³/mol. The van der Waals surface area contributed by atoms with E-state index >= 15 is 0 Å². The first kappa shape index (κ1) is 16.5. The molecule has 0 radical (unpaired) electrons. The summed E-state index contributed by atoms with van der Waals surface area (Å²) < 4.78 is 5.10. The van der Waals surface area contributed by atoms with Gasteiger partial charge < -0.3 is 10.1 Å². The molecule has 1 N–H and O–H groups in total. The van der Waals surface area contributed by atoms with Crippen molar-refractivity contribution in [3.63, 3.8) is 0 Å². The fourth-order valence-electron chi connectivity index (χ4n) is 2.32. The molecule has 0 unspecified atom stereocenters. The Morgan fingerprint density at radius 2 is 1.87 bits per heavy atom. The van der Waals surface area contributed by atoms with Crippen molar-refractivity contribution in [2.24, 2.45) is 0 Å². The zero-order valence-electron chi connectivity index (χ0n) is 13.2. The third kappa shape index (κ3) is 3.66. The minimum atomic E-state index is -0.487. The molecule has 0 bridgehead atoms. The van der Waals surface area contributed by atoms with E-state index in [0.29, 0.717) is 11.1 Å². The SMILES string of the molecule is COc1ccc([C@@H](C)NC(=O)c2cccc([N+](=O)[O-])c2C)cc1. The second kappa shape index (κ2) is 6.91. The van der Waals surface area contributed by atoms with E-state index in [4.69, 9.17) is 4.74 Å². The monoisotopic (exact) mass is 314 g/mol. The van der Waals surface area contributed by atoms with E-state index in [1.807, 2.05) is 31.2 Å². The summed E-state index contributed by atoms with van der Waals surface area (Å²) in [5.74, 6) is 0.399. The average Bonchev–Trinajstić information content (AvgIpc) is 2.54. The second-order valence-corrected chi connectivity index (χ2v) is 5.18. The van der Waals surface area contributed by atoms with Crippen LogP contribution >= 0.6 is 0 Å². The molecule has 1 amide bonds. The van der Waals surface area contributed by atoms with E-state index in [1.165, 1.54) is 12.1 Å². The van der Waals surface area contributed by atoms with E-state index in [-0.39, 0.29) is 17.6 Å². The number of benzene rings is 2. The van der Waals surface area contributed by atoms with Gasteiger partial charge in [-0.05, 0) is 37.6 Å². The van der Waals surface area contributed by atoms with Crippen LogP contribution in [0.3, 0.4) is 0 Å². The average molecular weight is 314 g/mol. The van der Waals surface area contributed by atoms with Gasteiger partial charge in [0.2, 0.25) is 0 Å². The number of rotatable bonds is 5. The predicted octanol–water partition coefficient (Wildman–Crippen LogP) is 3.40. The van der Waals surface area contributed by atoms with Crippen molar-refractivity contribution in [2.75, 3.05) is 7.11 Å². The number of nitro benzene ring substituents is 1. The maximum absolute atomic E-state index is 12.4. The lowest BCUT2D eigenvalue weighted by Crippen LogP contribution is -2.27. The van der Waals surface area contributed by atoms with Crippen molar-refractivity contribution in [2.45, 2.75) is 19.9 Å². The fourth-order valence-corrected chi connectivity index (χ4v) is 2.32. The van der Waals surface area contributed by atoms with Gasteiger partial charge in [0.15, 0.2) is 0 Å². The van der Waals surface area contributed by atoms with Crippen LogP contribution in [-0.4, -0.2) is 17.9 Å². The molecular weight excluding hydrogens is 296 g/mol. The molecule has 1 atom stereocenters. The highest BCUT2D eigenvalue weighted by Crippen LogP contribution is 2.22. The lowest BCUT2D eigenvalue weighted by molar-refractivity contribution is -0.385. The summed E-state index contributed by atoms with van der Waals surface area (Å²) in [6.45, 7) is 3.43. The molecule has 23 heavy (non-hydrogen) atoms. The van der Waals surface area contributed by atoms with Crippen molar-refractivity contribution >= 4 is 11.6 Å². The van der Waals surface area contributed by atoms with Crippen LogP contribution in [0.1, 0.15) is 34.5 Å². The Kier molecular flexibility index (Phi) is 4.95. The molecule has 0 aliphatic carbocycles. The van der Waals surface area contributed by atoms with Crippen LogP contribution in [-0.2, 0) is 0 Å². The minimum absolute atomic E-state index is 0.0604. The summed E-state index contributed by atoms with van der Waals surface area (Å²) in [7, 11) is 1.59. The van der Waals surface area contributed by atoms with Gasteiger partial charge in [-0.15, -0.1) is 0 Å². The van der Waals surface area contributed by atoms with Crippen molar-refractivity contribution in [3.8, 4) is 5.75 Å². The number of hydrogen-bond donors (Lipinski definition) is 1. The minimum Gasteiger partial charge on any atom is -0.497 e. The van der Waals surface area contributed by atoms with Crippen LogP contribution in [0, 0.1) is 17.0 Å². The third-order valence-corrected chi connectivity index (χ3v) is 3.71.